The van der Waals surface area contributed by atoms with E-state index in [1.807, 2.05) is 0 Å². The summed E-state index contributed by atoms with van der Waals surface area (Å²) in [5.74, 6) is -2.25. The molecule has 1 aromatic carbocycles. The van der Waals surface area contributed by atoms with E-state index in [-0.39, 0.29) is 17.7 Å². The first-order valence-corrected chi connectivity index (χ1v) is 8.86. The van der Waals surface area contributed by atoms with Crippen molar-refractivity contribution in [3.63, 3.8) is 0 Å². The molecule has 1 saturated heterocycles. The average molecular weight is 405 g/mol. The van der Waals surface area contributed by atoms with Crippen molar-refractivity contribution in [2.45, 2.75) is 6.54 Å². The van der Waals surface area contributed by atoms with Gasteiger partial charge in [0.05, 0.1) is 18.4 Å². The number of imide groups is 2. The van der Waals surface area contributed by atoms with Crippen molar-refractivity contribution in [3.8, 4) is 5.69 Å². The summed E-state index contributed by atoms with van der Waals surface area (Å²) in [6.45, 7) is -0.121. The second-order valence-corrected chi connectivity index (χ2v) is 6.45. The topological polar surface area (TPSA) is 122 Å². The number of carbonyl (C=O) groups excluding carboxylic acids is 3. The van der Waals surface area contributed by atoms with Crippen LogP contribution in [0.15, 0.2) is 71.0 Å². The lowest BCUT2D eigenvalue weighted by Gasteiger charge is -2.25. The number of furan rings is 1. The number of aromatic nitrogens is 1. The lowest BCUT2D eigenvalue weighted by molar-refractivity contribution is -0.130. The maximum atomic E-state index is 12.8. The van der Waals surface area contributed by atoms with Gasteiger partial charge < -0.3 is 14.1 Å². The zero-order valence-corrected chi connectivity index (χ0v) is 15.4. The highest BCUT2D eigenvalue weighted by Gasteiger charge is 2.36. The molecule has 1 fully saturated rings. The molecule has 30 heavy (non-hydrogen) atoms. The lowest BCUT2D eigenvalue weighted by Crippen LogP contribution is -2.53. The molecule has 0 aliphatic carbocycles. The molecule has 1 aliphatic rings. The minimum atomic E-state index is -1.07. The monoisotopic (exact) mass is 405 g/mol. The largest absolute Gasteiger partial charge is 0.478 e. The maximum Gasteiger partial charge on any atom is 0.335 e. The Bertz CT molecular complexity index is 1190. The number of carbonyl (C=O) groups is 4. The Hall–Kier alpha value is -4.40. The van der Waals surface area contributed by atoms with E-state index in [0.29, 0.717) is 17.1 Å². The minimum Gasteiger partial charge on any atom is -0.478 e. The zero-order valence-electron chi connectivity index (χ0n) is 15.4. The summed E-state index contributed by atoms with van der Waals surface area (Å²) in [6, 6.07) is 12.0. The van der Waals surface area contributed by atoms with E-state index in [9.17, 15) is 24.3 Å². The van der Waals surface area contributed by atoms with E-state index in [0.717, 1.165) is 4.90 Å². The minimum absolute atomic E-state index is 0.0986. The summed E-state index contributed by atoms with van der Waals surface area (Å²) in [7, 11) is 0. The summed E-state index contributed by atoms with van der Waals surface area (Å²) < 4.78 is 6.81. The quantitative estimate of drug-likeness (QED) is 0.497. The Morgan fingerprint density at radius 1 is 1.10 bits per heavy atom. The van der Waals surface area contributed by atoms with Gasteiger partial charge in [0, 0.05) is 17.6 Å². The van der Waals surface area contributed by atoms with E-state index in [1.165, 1.54) is 24.5 Å². The Labute approximate surface area is 169 Å². The van der Waals surface area contributed by atoms with Gasteiger partial charge in [-0.05, 0) is 48.5 Å². The summed E-state index contributed by atoms with van der Waals surface area (Å²) in [5, 5.41) is 11.4. The summed E-state index contributed by atoms with van der Waals surface area (Å²) >= 11 is 0. The summed E-state index contributed by atoms with van der Waals surface area (Å²) in [6.07, 6.45) is 4.44. The molecule has 4 amide bonds. The smallest absolute Gasteiger partial charge is 0.335 e. The van der Waals surface area contributed by atoms with Crippen LogP contribution in [0.25, 0.3) is 11.8 Å². The molecule has 0 radical (unpaired) electrons. The zero-order chi connectivity index (χ0) is 21.3. The van der Waals surface area contributed by atoms with E-state index in [4.69, 9.17) is 4.42 Å². The second kappa shape index (κ2) is 7.55. The van der Waals surface area contributed by atoms with Gasteiger partial charge in [0.1, 0.15) is 11.3 Å². The van der Waals surface area contributed by atoms with Gasteiger partial charge in [0.25, 0.3) is 11.8 Å². The van der Waals surface area contributed by atoms with Crippen molar-refractivity contribution in [2.75, 3.05) is 0 Å². The van der Waals surface area contributed by atoms with Gasteiger partial charge in [-0.3, -0.25) is 19.8 Å². The van der Waals surface area contributed by atoms with Gasteiger partial charge in [-0.25, -0.2) is 9.59 Å². The fourth-order valence-corrected chi connectivity index (χ4v) is 3.08. The van der Waals surface area contributed by atoms with Crippen LogP contribution in [0.2, 0.25) is 0 Å². The number of urea groups is 1. The Balaban J connectivity index is 1.69. The number of benzene rings is 1. The van der Waals surface area contributed by atoms with Gasteiger partial charge in [-0.2, -0.15) is 0 Å². The standard InChI is InChI=1S/C21H15N3O6/c25-18-17(19(26)24(21(29)22-18)12-16-7-3-9-30-16)11-15-6-2-8-23(15)14-5-1-4-13(10-14)20(27)28/h1-11H,12H2,(H,27,28)(H,22,25,29)/b17-11+. The molecule has 150 valence electrons. The molecule has 9 heteroatoms. The van der Waals surface area contributed by atoms with Crippen LogP contribution >= 0.6 is 0 Å². The first-order valence-electron chi connectivity index (χ1n) is 8.86. The molecule has 0 spiro atoms. The molecule has 0 bridgehead atoms. The molecule has 3 aromatic rings. The van der Waals surface area contributed by atoms with Crippen molar-refractivity contribution in [3.05, 3.63) is 83.6 Å². The number of hydrogen-bond acceptors (Lipinski definition) is 5. The van der Waals surface area contributed by atoms with E-state index in [1.54, 1.807) is 47.2 Å². The molecule has 1 aliphatic heterocycles. The number of carboxylic acids is 1. The van der Waals surface area contributed by atoms with Gasteiger partial charge in [-0.1, -0.05) is 6.07 Å². The number of rotatable bonds is 5. The molecule has 4 rings (SSSR count). The van der Waals surface area contributed by atoms with Crippen molar-refractivity contribution in [1.29, 1.82) is 0 Å². The van der Waals surface area contributed by atoms with E-state index >= 15 is 0 Å². The van der Waals surface area contributed by atoms with Crippen LogP contribution in [0, 0.1) is 0 Å². The molecule has 2 N–H and O–H groups in total. The first-order chi connectivity index (χ1) is 14.4. The third-order valence-electron chi connectivity index (χ3n) is 4.52. The molecular weight excluding hydrogens is 390 g/mol. The molecule has 0 atom stereocenters. The molecular formula is C21H15N3O6. The van der Waals surface area contributed by atoms with Crippen LogP contribution < -0.4 is 5.32 Å². The molecule has 0 unspecified atom stereocenters. The number of nitrogens with zero attached hydrogens (tertiary/aromatic N) is 2. The average Bonchev–Trinajstić information content (AvgIpc) is 3.40. The number of hydrogen-bond donors (Lipinski definition) is 2. The molecule has 9 nitrogen and oxygen atoms in total. The second-order valence-electron chi connectivity index (χ2n) is 6.45. The predicted molar refractivity (Wildman–Crippen MR) is 104 cm³/mol. The summed E-state index contributed by atoms with van der Waals surface area (Å²) in [4.78, 5) is 49.4. The van der Waals surface area contributed by atoms with E-state index < -0.39 is 23.8 Å². The Morgan fingerprint density at radius 3 is 2.67 bits per heavy atom. The number of amides is 4. The van der Waals surface area contributed by atoms with E-state index in [2.05, 4.69) is 5.32 Å². The Morgan fingerprint density at radius 2 is 1.93 bits per heavy atom. The van der Waals surface area contributed by atoms with Crippen molar-refractivity contribution >= 4 is 29.9 Å². The molecule has 3 heterocycles. The number of barbiturate groups is 1. The van der Waals surface area contributed by atoms with Crippen LogP contribution in [-0.4, -0.2) is 38.4 Å². The van der Waals surface area contributed by atoms with Gasteiger partial charge in [0.15, 0.2) is 0 Å². The van der Waals surface area contributed by atoms with Gasteiger partial charge in [-0.15, -0.1) is 0 Å². The number of carboxylic acid groups (broad SMARTS) is 1. The van der Waals surface area contributed by atoms with Crippen LogP contribution in [0.5, 0.6) is 0 Å². The fraction of sp³-hybridized carbons (Fsp3) is 0.0476. The normalized spacial score (nSPS) is 15.5. The van der Waals surface area contributed by atoms with Crippen molar-refractivity contribution < 1.29 is 28.7 Å². The van der Waals surface area contributed by atoms with Gasteiger partial charge in [0.2, 0.25) is 0 Å². The van der Waals surface area contributed by atoms with Crippen LogP contribution in [0.3, 0.4) is 0 Å². The maximum absolute atomic E-state index is 12.8. The lowest BCUT2D eigenvalue weighted by atomic mass is 10.1. The highest BCUT2D eigenvalue weighted by Crippen LogP contribution is 2.20. The Kier molecular flexibility index (Phi) is 4.77. The van der Waals surface area contributed by atoms with Crippen LogP contribution in [0.1, 0.15) is 21.8 Å². The SMILES string of the molecule is O=C1NC(=O)N(Cc2ccco2)C(=O)/C1=C/c1cccn1-c1cccc(C(=O)O)c1. The predicted octanol–water partition coefficient (Wildman–Crippen LogP) is 2.43. The molecule has 0 saturated carbocycles. The van der Waals surface area contributed by atoms with Crippen molar-refractivity contribution in [1.82, 2.24) is 14.8 Å². The third kappa shape index (κ3) is 3.51. The van der Waals surface area contributed by atoms with Crippen LogP contribution in [0.4, 0.5) is 4.79 Å². The van der Waals surface area contributed by atoms with Crippen molar-refractivity contribution in [2.24, 2.45) is 0 Å². The number of aromatic carboxylic acids is 1. The summed E-state index contributed by atoms with van der Waals surface area (Å²) in [5.41, 5.74) is 0.874. The first kappa shape index (κ1) is 18.9. The molecule has 2 aromatic heterocycles. The third-order valence-corrected chi connectivity index (χ3v) is 4.52. The number of nitrogens with one attached hydrogen (secondary N) is 1. The highest BCUT2D eigenvalue weighted by atomic mass is 16.4. The van der Waals surface area contributed by atoms with Gasteiger partial charge >= 0.3 is 12.0 Å². The van der Waals surface area contributed by atoms with Crippen LogP contribution in [-0.2, 0) is 16.1 Å². The fourth-order valence-electron chi connectivity index (χ4n) is 3.08. The highest BCUT2D eigenvalue weighted by molar-refractivity contribution is 6.30.